The molecule has 0 atom stereocenters. The summed E-state index contributed by atoms with van der Waals surface area (Å²) in [5.74, 6) is 0.0714. The monoisotopic (exact) mass is 292 g/mol. The van der Waals surface area contributed by atoms with E-state index in [1.54, 1.807) is 18.2 Å². The van der Waals surface area contributed by atoms with Gasteiger partial charge >= 0.3 is 0 Å². The first-order valence-electron chi connectivity index (χ1n) is 6.52. The number of aromatic nitrogens is 2. The van der Waals surface area contributed by atoms with Gasteiger partial charge in [-0.2, -0.15) is 5.10 Å². The quantitative estimate of drug-likeness (QED) is 0.767. The van der Waals surface area contributed by atoms with Crippen molar-refractivity contribution < 1.29 is 9.18 Å². The van der Waals surface area contributed by atoms with Crippen LogP contribution in [0.4, 0.5) is 4.39 Å². The number of ketones is 1. The van der Waals surface area contributed by atoms with Crippen LogP contribution in [0.2, 0.25) is 0 Å². The molecule has 2 rings (SSSR count). The molecule has 2 aromatic rings. The van der Waals surface area contributed by atoms with Crippen molar-refractivity contribution in [2.24, 2.45) is 0 Å². The van der Waals surface area contributed by atoms with Gasteiger partial charge in [0.05, 0.1) is 11.4 Å². The van der Waals surface area contributed by atoms with E-state index in [0.717, 1.165) is 17.9 Å². The Morgan fingerprint density at radius 1 is 1.40 bits per heavy atom. The zero-order chi connectivity index (χ0) is 14.5. The van der Waals surface area contributed by atoms with Crippen LogP contribution in [-0.2, 0) is 17.8 Å². The Morgan fingerprint density at radius 3 is 2.85 bits per heavy atom. The molecule has 0 radical (unpaired) electrons. The summed E-state index contributed by atoms with van der Waals surface area (Å²) in [6.07, 6.45) is 0.343. The van der Waals surface area contributed by atoms with Gasteiger partial charge in [0.2, 0.25) is 0 Å². The van der Waals surface area contributed by atoms with Crippen molar-refractivity contribution >= 4 is 17.5 Å². The SMILES string of the molecule is CCn1nc(C)cc1CC(=O)CSc1ccccc1F. The number of hydrogen-bond acceptors (Lipinski definition) is 3. The second-order valence-electron chi connectivity index (χ2n) is 4.53. The summed E-state index contributed by atoms with van der Waals surface area (Å²) in [4.78, 5) is 12.5. The second kappa shape index (κ2) is 6.70. The van der Waals surface area contributed by atoms with Gasteiger partial charge in [-0.1, -0.05) is 12.1 Å². The molecule has 106 valence electrons. The van der Waals surface area contributed by atoms with E-state index >= 15 is 0 Å². The molecule has 0 saturated heterocycles. The molecule has 0 amide bonds. The lowest BCUT2D eigenvalue weighted by Crippen LogP contribution is -2.11. The highest BCUT2D eigenvalue weighted by Gasteiger charge is 2.11. The molecule has 0 spiro atoms. The molecule has 0 bridgehead atoms. The molecule has 0 aliphatic carbocycles. The number of rotatable bonds is 6. The molecule has 5 heteroatoms. The Kier molecular flexibility index (Phi) is 4.95. The van der Waals surface area contributed by atoms with Gasteiger partial charge in [-0.3, -0.25) is 9.48 Å². The van der Waals surface area contributed by atoms with Crippen LogP contribution in [0.25, 0.3) is 0 Å². The number of Topliss-reactive ketones (excluding diaryl/α,β-unsaturated/α-hetero) is 1. The summed E-state index contributed by atoms with van der Waals surface area (Å²) in [5.41, 5.74) is 1.83. The maximum atomic E-state index is 13.4. The minimum atomic E-state index is -0.278. The largest absolute Gasteiger partial charge is 0.298 e. The van der Waals surface area contributed by atoms with Crippen LogP contribution in [0, 0.1) is 12.7 Å². The van der Waals surface area contributed by atoms with Gasteiger partial charge in [0.25, 0.3) is 0 Å². The fourth-order valence-corrected chi connectivity index (χ4v) is 2.79. The first kappa shape index (κ1) is 14.8. The van der Waals surface area contributed by atoms with E-state index in [9.17, 15) is 9.18 Å². The van der Waals surface area contributed by atoms with Crippen molar-refractivity contribution in [1.82, 2.24) is 9.78 Å². The second-order valence-corrected chi connectivity index (χ2v) is 5.54. The number of benzene rings is 1. The van der Waals surface area contributed by atoms with Crippen molar-refractivity contribution in [2.45, 2.75) is 31.7 Å². The van der Waals surface area contributed by atoms with E-state index in [1.165, 1.54) is 17.8 Å². The Hall–Kier alpha value is -1.62. The molecule has 0 N–H and O–H groups in total. The van der Waals surface area contributed by atoms with Crippen molar-refractivity contribution in [3.05, 3.63) is 47.5 Å². The van der Waals surface area contributed by atoms with Gasteiger partial charge < -0.3 is 0 Å². The number of hydrogen-bond donors (Lipinski definition) is 0. The van der Waals surface area contributed by atoms with Crippen LogP contribution in [0.5, 0.6) is 0 Å². The fourth-order valence-electron chi connectivity index (χ4n) is 1.99. The van der Waals surface area contributed by atoms with Gasteiger partial charge in [-0.15, -0.1) is 11.8 Å². The fraction of sp³-hybridized carbons (Fsp3) is 0.333. The topological polar surface area (TPSA) is 34.9 Å². The van der Waals surface area contributed by atoms with Crippen LogP contribution in [0.15, 0.2) is 35.2 Å². The molecule has 1 aromatic heterocycles. The summed E-state index contributed by atoms with van der Waals surface area (Å²) in [7, 11) is 0. The minimum Gasteiger partial charge on any atom is -0.298 e. The average molecular weight is 292 g/mol. The predicted molar refractivity (Wildman–Crippen MR) is 78.5 cm³/mol. The summed E-state index contributed by atoms with van der Waals surface area (Å²) in [6, 6.07) is 8.43. The van der Waals surface area contributed by atoms with Gasteiger partial charge in [0.15, 0.2) is 0 Å². The van der Waals surface area contributed by atoms with E-state index in [0.29, 0.717) is 11.3 Å². The third-order valence-corrected chi connectivity index (χ3v) is 4.00. The molecule has 3 nitrogen and oxygen atoms in total. The molecular formula is C15H17FN2OS. The molecule has 0 aliphatic heterocycles. The van der Waals surface area contributed by atoms with Crippen molar-refractivity contribution in [2.75, 3.05) is 5.75 Å². The summed E-state index contributed by atoms with van der Waals surface area (Å²) < 4.78 is 15.3. The summed E-state index contributed by atoms with van der Waals surface area (Å²) in [6.45, 7) is 4.65. The number of thioether (sulfide) groups is 1. The van der Waals surface area contributed by atoms with E-state index in [4.69, 9.17) is 0 Å². The highest BCUT2D eigenvalue weighted by atomic mass is 32.2. The normalized spacial score (nSPS) is 10.8. The first-order chi connectivity index (χ1) is 9.60. The minimum absolute atomic E-state index is 0.0767. The summed E-state index contributed by atoms with van der Waals surface area (Å²) in [5, 5.41) is 4.31. The van der Waals surface area contributed by atoms with E-state index in [1.807, 2.05) is 24.6 Å². The third-order valence-electron chi connectivity index (χ3n) is 2.89. The molecular weight excluding hydrogens is 275 g/mol. The highest BCUT2D eigenvalue weighted by Crippen LogP contribution is 2.21. The highest BCUT2D eigenvalue weighted by molar-refractivity contribution is 8.00. The van der Waals surface area contributed by atoms with E-state index < -0.39 is 0 Å². The standard InChI is InChI=1S/C15H17FN2OS/c1-3-18-12(8-11(2)17-18)9-13(19)10-20-15-7-5-4-6-14(15)16/h4-8H,3,9-10H2,1-2H3. The van der Waals surface area contributed by atoms with Crippen molar-refractivity contribution in [3.8, 4) is 0 Å². The van der Waals surface area contributed by atoms with Crippen LogP contribution in [0.1, 0.15) is 18.3 Å². The molecule has 0 aliphatic rings. The van der Waals surface area contributed by atoms with E-state index in [2.05, 4.69) is 5.10 Å². The Balaban J connectivity index is 1.94. The molecule has 0 saturated carbocycles. The number of halogens is 1. The Bertz CT molecular complexity index is 610. The van der Waals surface area contributed by atoms with Gasteiger partial charge in [-0.05, 0) is 32.0 Å². The number of carbonyl (C=O) groups excluding carboxylic acids is 1. The third kappa shape index (κ3) is 3.70. The maximum absolute atomic E-state index is 13.4. The van der Waals surface area contributed by atoms with Gasteiger partial charge in [0.1, 0.15) is 11.6 Å². The lowest BCUT2D eigenvalue weighted by Gasteiger charge is -2.05. The summed E-state index contributed by atoms with van der Waals surface area (Å²) >= 11 is 1.24. The van der Waals surface area contributed by atoms with Crippen LogP contribution < -0.4 is 0 Å². The average Bonchev–Trinajstić information content (AvgIpc) is 2.78. The number of carbonyl (C=O) groups is 1. The lowest BCUT2D eigenvalue weighted by atomic mass is 10.2. The Morgan fingerprint density at radius 2 is 2.15 bits per heavy atom. The molecule has 0 unspecified atom stereocenters. The van der Waals surface area contributed by atoms with Gasteiger partial charge in [0, 0.05) is 23.6 Å². The van der Waals surface area contributed by atoms with Crippen LogP contribution in [-0.4, -0.2) is 21.3 Å². The predicted octanol–water partition coefficient (Wildman–Crippen LogP) is 3.25. The zero-order valence-corrected chi connectivity index (χ0v) is 12.4. The van der Waals surface area contributed by atoms with Crippen LogP contribution in [0.3, 0.4) is 0 Å². The maximum Gasteiger partial charge on any atom is 0.149 e. The zero-order valence-electron chi connectivity index (χ0n) is 11.6. The molecule has 1 heterocycles. The van der Waals surface area contributed by atoms with Crippen molar-refractivity contribution in [1.29, 1.82) is 0 Å². The lowest BCUT2D eigenvalue weighted by molar-refractivity contribution is -0.116. The molecule has 1 aromatic carbocycles. The van der Waals surface area contributed by atoms with Gasteiger partial charge in [-0.25, -0.2) is 4.39 Å². The molecule has 20 heavy (non-hydrogen) atoms. The van der Waals surface area contributed by atoms with E-state index in [-0.39, 0.29) is 17.4 Å². The number of aryl methyl sites for hydroxylation is 2. The van der Waals surface area contributed by atoms with Crippen molar-refractivity contribution in [3.63, 3.8) is 0 Å². The first-order valence-corrected chi connectivity index (χ1v) is 7.51. The van der Waals surface area contributed by atoms with Crippen LogP contribution >= 0.6 is 11.8 Å². The smallest absolute Gasteiger partial charge is 0.149 e. The Labute approximate surface area is 122 Å². The number of nitrogens with zero attached hydrogens (tertiary/aromatic N) is 2. The molecule has 0 fully saturated rings.